The van der Waals surface area contributed by atoms with Crippen molar-refractivity contribution < 1.29 is 9.90 Å². The Bertz CT molecular complexity index is 1070. The minimum absolute atomic E-state index is 0.250. The average molecular weight is 519 g/mol. The number of hydrogen-bond acceptors (Lipinski definition) is 6. The highest BCUT2D eigenvalue weighted by Gasteiger charge is 2.60. The van der Waals surface area contributed by atoms with Crippen LogP contribution in [0.5, 0.6) is 0 Å². The summed E-state index contributed by atoms with van der Waals surface area (Å²) in [6.07, 6.45) is 4.32. The van der Waals surface area contributed by atoms with Crippen molar-refractivity contribution in [2.75, 3.05) is 25.4 Å². The molecule has 8 nitrogen and oxygen atoms in total. The van der Waals surface area contributed by atoms with Gasteiger partial charge in [0.1, 0.15) is 5.69 Å². The average Bonchev–Trinajstić information content (AvgIpc) is 3.07. The second kappa shape index (κ2) is 9.76. The Morgan fingerprint density at radius 2 is 2.00 bits per heavy atom. The van der Waals surface area contributed by atoms with Crippen molar-refractivity contribution in [3.63, 3.8) is 0 Å². The number of fused-ring (bicyclic) bond motifs is 1. The molecular formula is C22H27BrN6O2S. The molecule has 1 aromatic carbocycles. The summed E-state index contributed by atoms with van der Waals surface area (Å²) in [6, 6.07) is 10.9. The SMILES string of the molecule is Cn1nccc1-c1nnc(SCCCN2C[C@@H]3C[C@]3(c3ccc(Br)cc3)C2)n1C.O=CO. The lowest BCUT2D eigenvalue weighted by Crippen LogP contribution is -2.27. The predicted molar refractivity (Wildman–Crippen MR) is 128 cm³/mol. The number of carbonyl (C=O) groups is 1. The van der Waals surface area contributed by atoms with Gasteiger partial charge >= 0.3 is 0 Å². The van der Waals surface area contributed by atoms with E-state index in [0.29, 0.717) is 5.41 Å². The first-order valence-electron chi connectivity index (χ1n) is 10.6. The molecule has 1 aliphatic carbocycles. The Hall–Kier alpha value is -2.17. The van der Waals surface area contributed by atoms with Crippen molar-refractivity contribution in [3.05, 3.63) is 46.6 Å². The summed E-state index contributed by atoms with van der Waals surface area (Å²) in [5, 5.41) is 20.8. The van der Waals surface area contributed by atoms with E-state index in [1.54, 1.807) is 18.0 Å². The molecule has 3 heterocycles. The van der Waals surface area contributed by atoms with Gasteiger partial charge in [0.2, 0.25) is 0 Å². The van der Waals surface area contributed by atoms with Crippen molar-refractivity contribution >= 4 is 34.2 Å². The molecule has 1 N–H and O–H groups in total. The Kier molecular flexibility index (Phi) is 7.02. The number of thioether (sulfide) groups is 1. The van der Waals surface area contributed by atoms with Crippen molar-refractivity contribution in [2.24, 2.45) is 20.0 Å². The summed E-state index contributed by atoms with van der Waals surface area (Å²) in [5.74, 6) is 2.77. The Labute approximate surface area is 200 Å². The summed E-state index contributed by atoms with van der Waals surface area (Å²) in [6.45, 7) is 3.36. The molecule has 1 saturated heterocycles. The maximum Gasteiger partial charge on any atom is 0.290 e. The van der Waals surface area contributed by atoms with Gasteiger partial charge in [-0.05, 0) is 49.1 Å². The molecule has 2 fully saturated rings. The summed E-state index contributed by atoms with van der Waals surface area (Å²) in [4.78, 5) is 11.0. The monoisotopic (exact) mass is 518 g/mol. The number of aryl methyl sites for hydroxylation is 1. The molecule has 1 saturated carbocycles. The number of carboxylic acid groups (broad SMARTS) is 1. The molecule has 5 rings (SSSR count). The van der Waals surface area contributed by atoms with Gasteiger partial charge in [-0.3, -0.25) is 9.48 Å². The lowest BCUT2D eigenvalue weighted by Gasteiger charge is -2.21. The van der Waals surface area contributed by atoms with Crippen LogP contribution < -0.4 is 0 Å². The van der Waals surface area contributed by atoms with Gasteiger partial charge in [0.25, 0.3) is 6.47 Å². The van der Waals surface area contributed by atoms with Crippen LogP contribution in [-0.2, 0) is 24.3 Å². The van der Waals surface area contributed by atoms with Crippen molar-refractivity contribution in [1.29, 1.82) is 0 Å². The zero-order valence-electron chi connectivity index (χ0n) is 18.2. The molecule has 0 unspecified atom stereocenters. The first kappa shape index (κ1) is 23.0. The Morgan fingerprint density at radius 1 is 1.25 bits per heavy atom. The fourth-order valence-corrected chi connectivity index (χ4v) is 5.79. The van der Waals surface area contributed by atoms with Gasteiger partial charge < -0.3 is 14.6 Å². The molecule has 170 valence electrons. The summed E-state index contributed by atoms with van der Waals surface area (Å²) >= 11 is 5.34. The van der Waals surface area contributed by atoms with E-state index in [-0.39, 0.29) is 6.47 Å². The molecule has 0 spiro atoms. The summed E-state index contributed by atoms with van der Waals surface area (Å²) in [5.41, 5.74) is 2.93. The topological polar surface area (TPSA) is 89.1 Å². The van der Waals surface area contributed by atoms with E-state index in [0.717, 1.165) is 39.4 Å². The number of likely N-dealkylation sites (tertiary alicyclic amines) is 1. The van der Waals surface area contributed by atoms with Gasteiger partial charge in [0.05, 0.1) is 0 Å². The van der Waals surface area contributed by atoms with Crippen LogP contribution in [0.15, 0.2) is 46.2 Å². The van der Waals surface area contributed by atoms with Crippen LogP contribution >= 0.6 is 27.7 Å². The highest BCUT2D eigenvalue weighted by molar-refractivity contribution is 9.10. The molecular weight excluding hydrogens is 492 g/mol. The zero-order chi connectivity index (χ0) is 22.7. The number of piperidine rings is 1. The van der Waals surface area contributed by atoms with Gasteiger partial charge in [-0.2, -0.15) is 5.10 Å². The molecule has 1 aliphatic heterocycles. The van der Waals surface area contributed by atoms with E-state index in [2.05, 4.69) is 65.0 Å². The minimum atomic E-state index is -0.250. The molecule has 2 aromatic heterocycles. The molecule has 32 heavy (non-hydrogen) atoms. The van der Waals surface area contributed by atoms with Crippen molar-refractivity contribution in [1.82, 2.24) is 29.4 Å². The third-order valence-electron chi connectivity index (χ3n) is 6.37. The smallest absolute Gasteiger partial charge is 0.290 e. The molecule has 0 amide bonds. The number of aromatic nitrogens is 5. The van der Waals surface area contributed by atoms with E-state index in [1.807, 2.05) is 24.8 Å². The first-order chi connectivity index (χ1) is 15.5. The fourth-order valence-electron chi connectivity index (χ4n) is 4.69. The number of hydrogen-bond donors (Lipinski definition) is 1. The quantitative estimate of drug-likeness (QED) is 0.291. The largest absolute Gasteiger partial charge is 0.483 e. The van der Waals surface area contributed by atoms with Crippen LogP contribution in [-0.4, -0.2) is 66.4 Å². The van der Waals surface area contributed by atoms with Crippen molar-refractivity contribution in [3.8, 4) is 11.5 Å². The van der Waals surface area contributed by atoms with Gasteiger partial charge in [-0.15, -0.1) is 10.2 Å². The maximum absolute atomic E-state index is 8.36. The molecule has 2 atom stereocenters. The number of benzene rings is 1. The van der Waals surface area contributed by atoms with Crippen molar-refractivity contribution in [2.45, 2.75) is 23.4 Å². The summed E-state index contributed by atoms with van der Waals surface area (Å²) in [7, 11) is 3.96. The van der Waals surface area contributed by atoms with Crippen LogP contribution in [0.2, 0.25) is 0 Å². The van der Waals surface area contributed by atoms with Crippen LogP contribution in [0.4, 0.5) is 0 Å². The van der Waals surface area contributed by atoms with E-state index in [1.165, 1.54) is 31.5 Å². The molecule has 0 radical (unpaired) electrons. The van der Waals surface area contributed by atoms with E-state index in [9.17, 15) is 0 Å². The van der Waals surface area contributed by atoms with E-state index in [4.69, 9.17) is 9.90 Å². The second-order valence-corrected chi connectivity index (χ2v) is 10.3. The van der Waals surface area contributed by atoms with E-state index < -0.39 is 0 Å². The Balaban J connectivity index is 0.000000775. The molecule has 3 aromatic rings. The first-order valence-corrected chi connectivity index (χ1v) is 12.3. The molecule has 0 bridgehead atoms. The van der Waals surface area contributed by atoms with Gasteiger partial charge in [-0.1, -0.05) is 39.8 Å². The zero-order valence-corrected chi connectivity index (χ0v) is 20.6. The maximum atomic E-state index is 8.36. The fraction of sp³-hybridized carbons (Fsp3) is 0.455. The highest BCUT2D eigenvalue weighted by Crippen LogP contribution is 2.59. The minimum Gasteiger partial charge on any atom is -0.483 e. The normalized spacial score (nSPS) is 21.7. The van der Waals surface area contributed by atoms with Crippen LogP contribution in [0.1, 0.15) is 18.4 Å². The third kappa shape index (κ3) is 4.62. The lowest BCUT2D eigenvalue weighted by molar-refractivity contribution is -0.122. The third-order valence-corrected chi connectivity index (χ3v) is 8.01. The van der Waals surface area contributed by atoms with Crippen LogP contribution in [0, 0.1) is 5.92 Å². The lowest BCUT2D eigenvalue weighted by atomic mass is 9.95. The van der Waals surface area contributed by atoms with Gasteiger partial charge in [0, 0.05) is 49.0 Å². The highest BCUT2D eigenvalue weighted by atomic mass is 79.9. The number of nitrogens with zero attached hydrogens (tertiary/aromatic N) is 6. The number of rotatable bonds is 7. The molecule has 10 heteroatoms. The van der Waals surface area contributed by atoms with Gasteiger partial charge in [-0.25, -0.2) is 0 Å². The number of halogens is 1. The Morgan fingerprint density at radius 3 is 2.69 bits per heavy atom. The summed E-state index contributed by atoms with van der Waals surface area (Å²) < 4.78 is 5.06. The second-order valence-electron chi connectivity index (χ2n) is 8.31. The van der Waals surface area contributed by atoms with Crippen LogP contribution in [0.25, 0.3) is 11.5 Å². The van der Waals surface area contributed by atoms with E-state index >= 15 is 0 Å². The predicted octanol–water partition coefficient (Wildman–Crippen LogP) is 3.43. The standard InChI is InChI=1S/C21H25BrN6S.CH2O2/c1-26-19(18-8-9-23-27(18)2)24-25-20(26)29-11-3-10-28-13-16-12-21(16,14-28)15-4-6-17(22)7-5-15;2-1-3/h4-9,16H,3,10-14H2,1-2H3;1H,(H,2,3)/t16-,21+;/m0./s1. The molecule has 2 aliphatic rings. The van der Waals surface area contributed by atoms with Crippen LogP contribution in [0.3, 0.4) is 0 Å². The van der Waals surface area contributed by atoms with Gasteiger partial charge in [0.15, 0.2) is 11.0 Å².